The second-order valence-corrected chi connectivity index (χ2v) is 4.26. The number of amides is 1. The summed E-state index contributed by atoms with van der Waals surface area (Å²) in [5.41, 5.74) is 16.3. The Kier molecular flexibility index (Phi) is 6.87. The summed E-state index contributed by atoms with van der Waals surface area (Å²) in [6, 6.07) is -1.30. The molecule has 94 valence electrons. The van der Waals surface area contributed by atoms with Crippen LogP contribution in [0.5, 0.6) is 0 Å². The van der Waals surface area contributed by atoms with E-state index >= 15 is 0 Å². The Morgan fingerprint density at radius 2 is 1.75 bits per heavy atom. The van der Waals surface area contributed by atoms with Crippen LogP contribution in [0.3, 0.4) is 0 Å². The van der Waals surface area contributed by atoms with Crippen molar-refractivity contribution in [1.82, 2.24) is 5.32 Å². The monoisotopic (exact) mass is 230 g/mol. The Bertz CT molecular complexity index is 243. The van der Waals surface area contributed by atoms with E-state index in [2.05, 4.69) is 5.32 Å². The summed E-state index contributed by atoms with van der Waals surface area (Å²) in [5, 5.41) is 2.45. The van der Waals surface area contributed by atoms with Crippen LogP contribution in [-0.2, 0) is 9.59 Å². The molecule has 0 aromatic heterocycles. The van der Waals surface area contributed by atoms with Gasteiger partial charge in [0.05, 0.1) is 18.6 Å². The van der Waals surface area contributed by atoms with Gasteiger partial charge in [0, 0.05) is 6.54 Å². The van der Waals surface area contributed by atoms with Crippen LogP contribution < -0.4 is 22.5 Å². The van der Waals surface area contributed by atoms with E-state index in [0.717, 1.165) is 0 Å². The van der Waals surface area contributed by atoms with Gasteiger partial charge in [0.15, 0.2) is 5.78 Å². The quantitative estimate of drug-likeness (QED) is 0.416. The van der Waals surface area contributed by atoms with Crippen molar-refractivity contribution in [2.75, 3.05) is 13.1 Å². The zero-order valence-corrected chi connectivity index (χ0v) is 9.90. The first-order valence-corrected chi connectivity index (χ1v) is 5.40. The largest absolute Gasteiger partial charge is 0.348 e. The predicted molar refractivity (Wildman–Crippen MR) is 62.5 cm³/mol. The fourth-order valence-corrected chi connectivity index (χ4v) is 1.18. The van der Waals surface area contributed by atoms with Crippen molar-refractivity contribution in [3.8, 4) is 0 Å². The fourth-order valence-electron chi connectivity index (χ4n) is 1.18. The molecule has 7 N–H and O–H groups in total. The van der Waals surface area contributed by atoms with Gasteiger partial charge in [0.25, 0.3) is 0 Å². The molecule has 0 saturated heterocycles. The molecule has 0 bridgehead atoms. The second-order valence-electron chi connectivity index (χ2n) is 4.26. The van der Waals surface area contributed by atoms with Gasteiger partial charge in [-0.1, -0.05) is 13.8 Å². The SMILES string of the molecule is CC(C)C[C@H](N)C(=O)NCC(=O)C(N)CN. The molecule has 6 heteroatoms. The summed E-state index contributed by atoms with van der Waals surface area (Å²) in [6.07, 6.45) is 0.586. The molecule has 0 saturated carbocycles. The lowest BCUT2D eigenvalue weighted by Gasteiger charge is -2.14. The van der Waals surface area contributed by atoms with Crippen LogP contribution in [-0.4, -0.2) is 36.9 Å². The van der Waals surface area contributed by atoms with E-state index in [9.17, 15) is 9.59 Å². The van der Waals surface area contributed by atoms with E-state index in [1.165, 1.54) is 0 Å². The summed E-state index contributed by atoms with van der Waals surface area (Å²) >= 11 is 0. The van der Waals surface area contributed by atoms with Gasteiger partial charge in [0.1, 0.15) is 0 Å². The van der Waals surface area contributed by atoms with Gasteiger partial charge in [-0.25, -0.2) is 0 Å². The molecular formula is C10H22N4O2. The van der Waals surface area contributed by atoms with Crippen molar-refractivity contribution in [3.05, 3.63) is 0 Å². The first-order valence-electron chi connectivity index (χ1n) is 5.40. The molecule has 0 fully saturated rings. The van der Waals surface area contributed by atoms with Crippen molar-refractivity contribution >= 4 is 11.7 Å². The van der Waals surface area contributed by atoms with Crippen LogP contribution in [0.2, 0.25) is 0 Å². The minimum Gasteiger partial charge on any atom is -0.348 e. The molecule has 0 rings (SSSR count). The Morgan fingerprint density at radius 1 is 1.19 bits per heavy atom. The van der Waals surface area contributed by atoms with Gasteiger partial charge in [-0.05, 0) is 12.3 Å². The number of rotatable bonds is 7. The van der Waals surface area contributed by atoms with Crippen molar-refractivity contribution in [1.29, 1.82) is 0 Å². The summed E-state index contributed by atoms with van der Waals surface area (Å²) in [7, 11) is 0. The van der Waals surface area contributed by atoms with Crippen molar-refractivity contribution in [3.63, 3.8) is 0 Å². The lowest BCUT2D eigenvalue weighted by atomic mass is 10.0. The smallest absolute Gasteiger partial charge is 0.237 e. The minimum atomic E-state index is -0.721. The lowest BCUT2D eigenvalue weighted by molar-refractivity contribution is -0.126. The maximum atomic E-state index is 11.4. The molecule has 0 aromatic rings. The zero-order chi connectivity index (χ0) is 12.7. The predicted octanol–water partition coefficient (Wildman–Crippen LogP) is -1.67. The number of nitrogens with one attached hydrogen (secondary N) is 1. The number of ketones is 1. The van der Waals surface area contributed by atoms with Gasteiger partial charge in [0.2, 0.25) is 5.91 Å². The van der Waals surface area contributed by atoms with E-state index in [0.29, 0.717) is 12.3 Å². The van der Waals surface area contributed by atoms with Crippen molar-refractivity contribution in [2.45, 2.75) is 32.4 Å². The zero-order valence-electron chi connectivity index (χ0n) is 9.90. The van der Waals surface area contributed by atoms with Gasteiger partial charge in [-0.3, -0.25) is 9.59 Å². The average Bonchev–Trinajstić information content (AvgIpc) is 2.23. The minimum absolute atomic E-state index is 0.0761. The van der Waals surface area contributed by atoms with Crippen LogP contribution >= 0.6 is 0 Å². The summed E-state index contributed by atoms with van der Waals surface area (Å²) in [6.45, 7) is 3.92. The maximum absolute atomic E-state index is 11.4. The third kappa shape index (κ3) is 5.79. The molecule has 1 amide bonds. The van der Waals surface area contributed by atoms with E-state index in [-0.39, 0.29) is 24.8 Å². The highest BCUT2D eigenvalue weighted by molar-refractivity contribution is 5.91. The van der Waals surface area contributed by atoms with Crippen LogP contribution in [0.1, 0.15) is 20.3 Å². The highest BCUT2D eigenvalue weighted by atomic mass is 16.2. The number of hydrogen-bond donors (Lipinski definition) is 4. The number of hydrogen-bond acceptors (Lipinski definition) is 5. The standard InChI is InChI=1S/C10H22N4O2/c1-6(2)3-7(12)10(16)14-5-9(15)8(13)4-11/h6-8H,3-5,11-13H2,1-2H3,(H,14,16)/t7-,8?/m0/s1. The first-order chi connectivity index (χ1) is 7.38. The average molecular weight is 230 g/mol. The molecule has 0 aliphatic heterocycles. The molecule has 0 radical (unpaired) electrons. The highest BCUT2D eigenvalue weighted by Gasteiger charge is 2.17. The molecule has 2 atom stereocenters. The molecule has 0 aromatic carbocycles. The molecule has 1 unspecified atom stereocenters. The Morgan fingerprint density at radius 3 is 2.19 bits per heavy atom. The van der Waals surface area contributed by atoms with Gasteiger partial charge in [-0.15, -0.1) is 0 Å². The normalized spacial score (nSPS) is 14.6. The van der Waals surface area contributed by atoms with Crippen LogP contribution in [0.4, 0.5) is 0 Å². The van der Waals surface area contributed by atoms with Crippen LogP contribution in [0.25, 0.3) is 0 Å². The molecule has 0 aliphatic rings. The topological polar surface area (TPSA) is 124 Å². The molecule has 0 heterocycles. The molecule has 0 aliphatic carbocycles. The lowest BCUT2D eigenvalue weighted by Crippen LogP contribution is -2.48. The number of carbonyl (C=O) groups is 2. The highest BCUT2D eigenvalue weighted by Crippen LogP contribution is 2.02. The van der Waals surface area contributed by atoms with Crippen LogP contribution in [0.15, 0.2) is 0 Å². The number of Topliss-reactive ketones (excluding diaryl/α,β-unsaturated/α-hetero) is 1. The number of carbonyl (C=O) groups excluding carboxylic acids is 2. The van der Waals surface area contributed by atoms with Gasteiger partial charge in [-0.2, -0.15) is 0 Å². The van der Waals surface area contributed by atoms with Gasteiger partial charge >= 0.3 is 0 Å². The van der Waals surface area contributed by atoms with Crippen molar-refractivity contribution < 1.29 is 9.59 Å². The Labute approximate surface area is 95.9 Å². The van der Waals surface area contributed by atoms with Crippen LogP contribution in [0, 0.1) is 5.92 Å². The summed E-state index contributed by atoms with van der Waals surface area (Å²) < 4.78 is 0. The third-order valence-corrected chi connectivity index (χ3v) is 2.17. The van der Waals surface area contributed by atoms with E-state index in [4.69, 9.17) is 17.2 Å². The van der Waals surface area contributed by atoms with E-state index in [1.54, 1.807) is 0 Å². The Balaban J connectivity index is 3.93. The second kappa shape index (κ2) is 7.32. The number of nitrogens with two attached hydrogens (primary N) is 3. The first kappa shape index (κ1) is 15.0. The maximum Gasteiger partial charge on any atom is 0.237 e. The van der Waals surface area contributed by atoms with Gasteiger partial charge < -0.3 is 22.5 Å². The summed E-state index contributed by atoms with van der Waals surface area (Å²) in [4.78, 5) is 22.7. The third-order valence-electron chi connectivity index (χ3n) is 2.17. The molecule has 6 nitrogen and oxygen atoms in total. The Hall–Kier alpha value is -0.980. The fraction of sp³-hybridized carbons (Fsp3) is 0.800. The molecule has 16 heavy (non-hydrogen) atoms. The molecule has 0 spiro atoms. The van der Waals surface area contributed by atoms with Crippen molar-refractivity contribution in [2.24, 2.45) is 23.1 Å². The van der Waals surface area contributed by atoms with E-state index < -0.39 is 12.1 Å². The summed E-state index contributed by atoms with van der Waals surface area (Å²) in [5.74, 6) is -0.276. The molecular weight excluding hydrogens is 208 g/mol. The van der Waals surface area contributed by atoms with E-state index in [1.807, 2.05) is 13.8 Å².